The van der Waals surface area contributed by atoms with Crippen molar-refractivity contribution in [2.24, 2.45) is 0 Å². The quantitative estimate of drug-likeness (QED) is 0.617. The predicted molar refractivity (Wildman–Crippen MR) is 112 cm³/mol. The van der Waals surface area contributed by atoms with Gasteiger partial charge in [0.15, 0.2) is 0 Å². The van der Waals surface area contributed by atoms with Gasteiger partial charge in [-0.1, -0.05) is 6.07 Å². The van der Waals surface area contributed by atoms with Gasteiger partial charge in [-0.3, -0.25) is 4.79 Å². The largest absolute Gasteiger partial charge is 0.355 e. The first-order chi connectivity index (χ1) is 13.2. The van der Waals surface area contributed by atoms with Crippen molar-refractivity contribution in [2.75, 3.05) is 59.9 Å². The summed E-state index contributed by atoms with van der Waals surface area (Å²) in [6.07, 6.45) is 1.92. The number of hydrogen-bond acceptors (Lipinski definition) is 5. The highest BCUT2D eigenvalue weighted by molar-refractivity contribution is 7.89. The molecule has 0 spiro atoms. The number of amides is 1. The predicted octanol–water partition coefficient (Wildman–Crippen LogP) is 1.07. The van der Waals surface area contributed by atoms with E-state index in [1.807, 2.05) is 13.8 Å². The first-order valence-corrected chi connectivity index (χ1v) is 11.4. The van der Waals surface area contributed by atoms with Crippen molar-refractivity contribution < 1.29 is 13.2 Å². The van der Waals surface area contributed by atoms with E-state index < -0.39 is 10.0 Å². The Morgan fingerprint density at radius 3 is 2.43 bits per heavy atom. The van der Waals surface area contributed by atoms with E-state index in [1.165, 1.54) is 7.05 Å². The molecular weight excluding hydrogens is 376 g/mol. The third-order valence-corrected chi connectivity index (χ3v) is 7.17. The van der Waals surface area contributed by atoms with Gasteiger partial charge < -0.3 is 15.1 Å². The van der Waals surface area contributed by atoms with Crippen LogP contribution in [0.4, 0.5) is 0 Å². The first-order valence-electron chi connectivity index (χ1n) is 9.91. The van der Waals surface area contributed by atoms with Crippen LogP contribution in [0.25, 0.3) is 0 Å². The number of sulfonamides is 1. The summed E-state index contributed by atoms with van der Waals surface area (Å²) in [5, 5.41) is 2.83. The maximum atomic E-state index is 12.6. The summed E-state index contributed by atoms with van der Waals surface area (Å²) >= 11 is 0. The van der Waals surface area contributed by atoms with E-state index in [-0.39, 0.29) is 17.3 Å². The van der Waals surface area contributed by atoms with E-state index in [1.54, 1.807) is 18.2 Å². The Morgan fingerprint density at radius 1 is 1.11 bits per heavy atom. The Balaban J connectivity index is 1.70. The molecule has 0 radical (unpaired) electrons. The topological polar surface area (TPSA) is 73.0 Å². The maximum absolute atomic E-state index is 12.6. The first kappa shape index (κ1) is 22.8. The molecule has 2 rings (SSSR count). The van der Waals surface area contributed by atoms with Gasteiger partial charge in [0.05, 0.1) is 11.4 Å². The molecule has 1 saturated heterocycles. The molecule has 1 aliphatic heterocycles. The van der Waals surface area contributed by atoms with E-state index in [2.05, 4.69) is 22.2 Å². The molecule has 0 atom stereocenters. The molecule has 158 valence electrons. The number of benzene rings is 1. The highest BCUT2D eigenvalue weighted by Crippen LogP contribution is 2.18. The van der Waals surface area contributed by atoms with Crippen molar-refractivity contribution in [2.45, 2.75) is 31.6 Å². The Hall–Kier alpha value is -1.48. The molecule has 0 aliphatic carbocycles. The lowest BCUT2D eigenvalue weighted by Crippen LogP contribution is -2.44. The van der Waals surface area contributed by atoms with E-state index in [0.717, 1.165) is 61.0 Å². The fourth-order valence-corrected chi connectivity index (χ4v) is 4.37. The fourth-order valence-electron chi connectivity index (χ4n) is 3.16. The molecule has 0 saturated carbocycles. The Morgan fingerprint density at radius 2 is 1.79 bits per heavy atom. The molecule has 8 heteroatoms. The molecule has 0 bridgehead atoms. The van der Waals surface area contributed by atoms with Gasteiger partial charge in [-0.05, 0) is 63.5 Å². The van der Waals surface area contributed by atoms with Crippen molar-refractivity contribution in [1.82, 2.24) is 19.4 Å². The molecule has 0 unspecified atom stereocenters. The molecular formula is C20H34N4O3S. The number of piperazine rings is 1. The highest BCUT2D eigenvalue weighted by atomic mass is 32.2. The van der Waals surface area contributed by atoms with Gasteiger partial charge in [-0.25, -0.2) is 8.42 Å². The van der Waals surface area contributed by atoms with Crippen LogP contribution in [-0.2, 0) is 14.8 Å². The van der Waals surface area contributed by atoms with Crippen molar-refractivity contribution >= 4 is 15.9 Å². The van der Waals surface area contributed by atoms with Crippen LogP contribution in [0.15, 0.2) is 23.1 Å². The van der Waals surface area contributed by atoms with E-state index in [4.69, 9.17) is 0 Å². The second-order valence-corrected chi connectivity index (χ2v) is 9.75. The zero-order valence-electron chi connectivity index (χ0n) is 17.6. The number of carbonyl (C=O) groups is 1. The van der Waals surface area contributed by atoms with Gasteiger partial charge in [0, 0.05) is 39.8 Å². The van der Waals surface area contributed by atoms with Gasteiger partial charge in [0.1, 0.15) is 0 Å². The number of hydrogen-bond donors (Lipinski definition) is 1. The molecule has 1 aromatic carbocycles. The summed E-state index contributed by atoms with van der Waals surface area (Å²) in [7, 11) is -0.0809. The summed E-state index contributed by atoms with van der Waals surface area (Å²) in [5.41, 5.74) is 1.95. The van der Waals surface area contributed by atoms with Crippen LogP contribution >= 0.6 is 0 Å². The average molecular weight is 411 g/mol. The highest BCUT2D eigenvalue weighted by Gasteiger charge is 2.23. The Labute approximate surface area is 169 Å². The van der Waals surface area contributed by atoms with Gasteiger partial charge in [0.25, 0.3) is 0 Å². The smallest absolute Gasteiger partial charge is 0.243 e. The maximum Gasteiger partial charge on any atom is 0.243 e. The second kappa shape index (κ2) is 10.3. The number of rotatable bonds is 9. The summed E-state index contributed by atoms with van der Waals surface area (Å²) in [6.45, 7) is 9.68. The minimum Gasteiger partial charge on any atom is -0.355 e. The molecule has 1 aromatic rings. The molecule has 1 fully saturated rings. The molecule has 1 N–H and O–H groups in total. The van der Waals surface area contributed by atoms with Gasteiger partial charge in [-0.15, -0.1) is 0 Å². The van der Waals surface area contributed by atoms with E-state index in [9.17, 15) is 13.2 Å². The standard InChI is InChI=1S/C20H34N4O3S/c1-17-7-8-19(15-18(17)2)28(26,27)23(4)16-20(25)21-9-5-6-10-24-13-11-22(3)12-14-24/h7-8,15H,5-6,9-14,16H2,1-4H3,(H,21,25). The third kappa shape index (κ3) is 6.55. The van der Waals surface area contributed by atoms with Crippen LogP contribution in [-0.4, -0.2) is 88.3 Å². The Kier molecular flexibility index (Phi) is 8.42. The van der Waals surface area contributed by atoms with Crippen LogP contribution in [0.3, 0.4) is 0 Å². The normalized spacial score (nSPS) is 16.5. The number of nitrogens with zero attached hydrogens (tertiary/aromatic N) is 3. The number of likely N-dealkylation sites (N-methyl/N-ethyl adjacent to an activating group) is 2. The molecule has 7 nitrogen and oxygen atoms in total. The molecule has 28 heavy (non-hydrogen) atoms. The molecule has 1 amide bonds. The van der Waals surface area contributed by atoms with Crippen molar-refractivity contribution in [1.29, 1.82) is 0 Å². The lowest BCUT2D eigenvalue weighted by Gasteiger charge is -2.32. The SMILES string of the molecule is Cc1ccc(S(=O)(=O)N(C)CC(=O)NCCCCN2CCN(C)CC2)cc1C. The second-order valence-electron chi connectivity index (χ2n) is 7.71. The summed E-state index contributed by atoms with van der Waals surface area (Å²) in [6, 6.07) is 5.03. The summed E-state index contributed by atoms with van der Waals surface area (Å²) in [5.74, 6) is -0.269. The van der Waals surface area contributed by atoms with Gasteiger partial charge in [-0.2, -0.15) is 4.31 Å². The third-order valence-electron chi connectivity index (χ3n) is 5.37. The molecule has 0 aromatic heterocycles. The average Bonchev–Trinajstić information content (AvgIpc) is 2.65. The minimum absolute atomic E-state index is 0.173. The molecule has 1 aliphatic rings. The van der Waals surface area contributed by atoms with Crippen LogP contribution in [0, 0.1) is 13.8 Å². The fraction of sp³-hybridized carbons (Fsp3) is 0.650. The van der Waals surface area contributed by atoms with E-state index in [0.29, 0.717) is 6.54 Å². The number of nitrogens with one attached hydrogen (secondary N) is 1. The summed E-state index contributed by atoms with van der Waals surface area (Å²) < 4.78 is 26.4. The monoisotopic (exact) mass is 410 g/mol. The number of carbonyl (C=O) groups excluding carboxylic acids is 1. The number of aryl methyl sites for hydroxylation is 2. The van der Waals surface area contributed by atoms with Crippen LogP contribution < -0.4 is 5.32 Å². The lowest BCUT2D eigenvalue weighted by molar-refractivity contribution is -0.121. The van der Waals surface area contributed by atoms with Crippen molar-refractivity contribution in [3.63, 3.8) is 0 Å². The van der Waals surface area contributed by atoms with Crippen LogP contribution in [0.5, 0.6) is 0 Å². The molecule has 1 heterocycles. The Bertz CT molecular complexity index is 759. The summed E-state index contributed by atoms with van der Waals surface area (Å²) in [4.78, 5) is 17.1. The van der Waals surface area contributed by atoms with Crippen molar-refractivity contribution in [3.05, 3.63) is 29.3 Å². The zero-order valence-corrected chi connectivity index (χ0v) is 18.4. The minimum atomic E-state index is -3.67. The van der Waals surface area contributed by atoms with Gasteiger partial charge >= 0.3 is 0 Å². The van der Waals surface area contributed by atoms with Crippen molar-refractivity contribution in [3.8, 4) is 0 Å². The van der Waals surface area contributed by atoms with Gasteiger partial charge in [0.2, 0.25) is 15.9 Å². The van der Waals surface area contributed by atoms with Crippen LogP contribution in [0.1, 0.15) is 24.0 Å². The zero-order chi connectivity index (χ0) is 20.7. The number of unbranched alkanes of at least 4 members (excludes halogenated alkanes) is 1. The van der Waals surface area contributed by atoms with Crippen LogP contribution in [0.2, 0.25) is 0 Å². The lowest BCUT2D eigenvalue weighted by atomic mass is 10.1. The van der Waals surface area contributed by atoms with E-state index >= 15 is 0 Å².